The van der Waals surface area contributed by atoms with E-state index in [0.717, 1.165) is 6.21 Å². The summed E-state index contributed by atoms with van der Waals surface area (Å²) in [6.07, 6.45) is -3.61. The van der Waals surface area contributed by atoms with Gasteiger partial charge in [-0.2, -0.15) is 22.9 Å². The normalized spacial score (nSPS) is 12.2. The van der Waals surface area contributed by atoms with Crippen molar-refractivity contribution in [3.8, 4) is 5.75 Å². The van der Waals surface area contributed by atoms with Crippen molar-refractivity contribution in [2.24, 2.45) is 5.10 Å². The van der Waals surface area contributed by atoms with E-state index in [9.17, 15) is 18.3 Å². The first-order chi connectivity index (χ1) is 8.89. The van der Waals surface area contributed by atoms with Crippen LogP contribution in [0, 0.1) is 4.77 Å². The third kappa shape index (κ3) is 2.81. The number of nitrogens with zero attached hydrogens (tertiary/aromatic N) is 3. The lowest BCUT2D eigenvalue weighted by molar-refractivity contribution is -0.147. The SMILES string of the molecule is Oc1ccccc1C=Nn1c(C(F)(F)F)n[nH]c1=S. The molecule has 0 radical (unpaired) electrons. The number of alkyl halides is 3. The molecule has 0 aliphatic rings. The summed E-state index contributed by atoms with van der Waals surface area (Å²) in [5.41, 5.74) is 0.263. The van der Waals surface area contributed by atoms with Gasteiger partial charge in [0.1, 0.15) is 5.75 Å². The molecule has 0 fully saturated rings. The Morgan fingerprint density at radius 3 is 2.68 bits per heavy atom. The van der Waals surface area contributed by atoms with Crippen LogP contribution in [0.25, 0.3) is 0 Å². The number of hydrogen-bond acceptors (Lipinski definition) is 4. The Kier molecular flexibility index (Phi) is 3.38. The third-order valence-electron chi connectivity index (χ3n) is 2.15. The molecule has 0 saturated heterocycles. The quantitative estimate of drug-likeness (QED) is 0.659. The molecule has 1 heterocycles. The van der Waals surface area contributed by atoms with Crippen LogP contribution in [-0.2, 0) is 6.18 Å². The number of aromatic hydroxyl groups is 1. The van der Waals surface area contributed by atoms with Crippen LogP contribution in [0.2, 0.25) is 0 Å². The minimum atomic E-state index is -4.68. The number of phenols is 1. The van der Waals surface area contributed by atoms with E-state index in [4.69, 9.17) is 0 Å². The number of halogens is 3. The van der Waals surface area contributed by atoms with Crippen LogP contribution < -0.4 is 0 Å². The average molecular weight is 288 g/mol. The average Bonchev–Trinajstić information content (AvgIpc) is 2.69. The predicted molar refractivity (Wildman–Crippen MR) is 63.5 cm³/mol. The molecule has 2 N–H and O–H groups in total. The molecule has 0 atom stereocenters. The van der Waals surface area contributed by atoms with Crippen molar-refractivity contribution in [2.75, 3.05) is 0 Å². The van der Waals surface area contributed by atoms with Gasteiger partial charge in [0.25, 0.3) is 5.82 Å². The first kappa shape index (κ1) is 13.3. The van der Waals surface area contributed by atoms with Gasteiger partial charge >= 0.3 is 6.18 Å². The molecule has 100 valence electrons. The molecular weight excluding hydrogens is 281 g/mol. The minimum Gasteiger partial charge on any atom is -0.507 e. The maximum absolute atomic E-state index is 12.6. The molecule has 1 aromatic heterocycles. The summed E-state index contributed by atoms with van der Waals surface area (Å²) >= 11 is 4.66. The number of H-pyrrole nitrogens is 1. The van der Waals surface area contributed by atoms with Crippen LogP contribution in [-0.4, -0.2) is 26.2 Å². The second-order valence-corrected chi connectivity index (χ2v) is 3.85. The molecule has 0 spiro atoms. The van der Waals surface area contributed by atoms with Crippen molar-refractivity contribution in [3.63, 3.8) is 0 Å². The van der Waals surface area contributed by atoms with Gasteiger partial charge in [-0.3, -0.25) is 0 Å². The highest BCUT2D eigenvalue weighted by Gasteiger charge is 2.37. The van der Waals surface area contributed by atoms with E-state index >= 15 is 0 Å². The Hall–Kier alpha value is -2.16. The molecule has 0 amide bonds. The fourth-order valence-corrected chi connectivity index (χ4v) is 1.48. The number of aromatic amines is 1. The fourth-order valence-electron chi connectivity index (χ4n) is 1.30. The smallest absolute Gasteiger partial charge is 0.453 e. The summed E-state index contributed by atoms with van der Waals surface area (Å²) in [5.74, 6) is -1.36. The van der Waals surface area contributed by atoms with Crippen LogP contribution in [0.5, 0.6) is 5.75 Å². The van der Waals surface area contributed by atoms with E-state index in [2.05, 4.69) is 22.4 Å². The number of benzene rings is 1. The maximum atomic E-state index is 12.6. The Balaban J connectivity index is 2.42. The molecule has 2 aromatic rings. The molecule has 2 rings (SSSR count). The zero-order chi connectivity index (χ0) is 14.0. The van der Waals surface area contributed by atoms with Gasteiger partial charge in [0.05, 0.1) is 6.21 Å². The lowest BCUT2D eigenvalue weighted by atomic mass is 10.2. The second kappa shape index (κ2) is 4.84. The van der Waals surface area contributed by atoms with Crippen molar-refractivity contribution < 1.29 is 18.3 Å². The molecule has 19 heavy (non-hydrogen) atoms. The number of phenolic OH excluding ortho intramolecular Hbond substituents is 1. The Labute approximate surface area is 110 Å². The summed E-state index contributed by atoms with van der Waals surface area (Å²) < 4.78 is 37.9. The molecule has 0 aliphatic carbocycles. The van der Waals surface area contributed by atoms with E-state index < -0.39 is 12.0 Å². The molecule has 0 bridgehead atoms. The number of nitrogens with one attached hydrogen (secondary N) is 1. The fraction of sp³-hybridized carbons (Fsp3) is 0.100. The molecular formula is C10H7F3N4OS. The van der Waals surface area contributed by atoms with Gasteiger partial charge in [-0.1, -0.05) is 12.1 Å². The first-order valence-corrected chi connectivity index (χ1v) is 5.37. The van der Waals surface area contributed by atoms with Crippen LogP contribution in [0.1, 0.15) is 11.4 Å². The molecule has 0 unspecified atom stereocenters. The Bertz CT molecular complexity index is 674. The van der Waals surface area contributed by atoms with Gasteiger partial charge in [-0.25, -0.2) is 5.10 Å². The highest BCUT2D eigenvalue weighted by molar-refractivity contribution is 7.71. The van der Waals surface area contributed by atoms with Gasteiger partial charge in [0.2, 0.25) is 4.77 Å². The highest BCUT2D eigenvalue weighted by atomic mass is 32.1. The number of hydrogen-bond donors (Lipinski definition) is 2. The Morgan fingerprint density at radius 2 is 2.05 bits per heavy atom. The molecule has 0 saturated carbocycles. The van der Waals surface area contributed by atoms with E-state index in [0.29, 0.717) is 4.68 Å². The standard InChI is InChI=1S/C10H7F3N4OS/c11-10(12,13)8-15-16-9(19)17(8)14-5-6-3-1-2-4-7(6)18/h1-5,18H,(H,16,19). The van der Waals surface area contributed by atoms with Crippen molar-refractivity contribution in [1.29, 1.82) is 0 Å². The van der Waals surface area contributed by atoms with Gasteiger partial charge in [0.15, 0.2) is 0 Å². The zero-order valence-electron chi connectivity index (χ0n) is 9.22. The van der Waals surface area contributed by atoms with E-state index in [1.54, 1.807) is 12.1 Å². The largest absolute Gasteiger partial charge is 0.507 e. The Morgan fingerprint density at radius 1 is 1.37 bits per heavy atom. The summed E-state index contributed by atoms with van der Waals surface area (Å²) in [5, 5.41) is 18.1. The molecule has 0 aliphatic heterocycles. The van der Waals surface area contributed by atoms with Crippen LogP contribution in [0.15, 0.2) is 29.4 Å². The van der Waals surface area contributed by atoms with Gasteiger partial charge in [-0.05, 0) is 24.4 Å². The summed E-state index contributed by atoms with van der Waals surface area (Å²) in [4.78, 5) is 0. The van der Waals surface area contributed by atoms with Crippen molar-refractivity contribution in [2.45, 2.75) is 6.18 Å². The van der Waals surface area contributed by atoms with Gasteiger partial charge < -0.3 is 5.11 Å². The number of rotatable bonds is 2. The lowest BCUT2D eigenvalue weighted by Gasteiger charge is -2.04. The van der Waals surface area contributed by atoms with Crippen LogP contribution in [0.3, 0.4) is 0 Å². The third-order valence-corrected chi connectivity index (χ3v) is 2.42. The predicted octanol–water partition coefficient (Wildman–Crippen LogP) is 2.55. The van der Waals surface area contributed by atoms with Gasteiger partial charge in [0, 0.05) is 5.56 Å². The second-order valence-electron chi connectivity index (χ2n) is 3.47. The summed E-state index contributed by atoms with van der Waals surface area (Å²) in [6, 6.07) is 6.08. The number of para-hydroxylation sites is 1. The van der Waals surface area contributed by atoms with E-state index in [1.165, 1.54) is 12.1 Å². The molecule has 5 nitrogen and oxygen atoms in total. The van der Waals surface area contributed by atoms with Crippen LogP contribution in [0.4, 0.5) is 13.2 Å². The monoisotopic (exact) mass is 288 g/mol. The van der Waals surface area contributed by atoms with E-state index in [-0.39, 0.29) is 16.1 Å². The maximum Gasteiger partial charge on any atom is 0.453 e. The van der Waals surface area contributed by atoms with Crippen LogP contribution >= 0.6 is 12.2 Å². The molecule has 1 aromatic carbocycles. The summed E-state index contributed by atoms with van der Waals surface area (Å²) in [6.45, 7) is 0. The topological polar surface area (TPSA) is 66.2 Å². The van der Waals surface area contributed by atoms with Crippen molar-refractivity contribution >= 4 is 18.4 Å². The van der Waals surface area contributed by atoms with Crippen molar-refractivity contribution in [3.05, 3.63) is 40.4 Å². The first-order valence-electron chi connectivity index (χ1n) is 4.96. The van der Waals surface area contributed by atoms with Crippen molar-refractivity contribution in [1.82, 2.24) is 14.9 Å². The highest BCUT2D eigenvalue weighted by Crippen LogP contribution is 2.27. The molecule has 9 heteroatoms. The van der Waals surface area contributed by atoms with E-state index in [1.807, 2.05) is 5.10 Å². The van der Waals surface area contributed by atoms with Gasteiger partial charge in [-0.15, -0.1) is 5.10 Å². The minimum absolute atomic E-state index is 0.102. The summed E-state index contributed by atoms with van der Waals surface area (Å²) in [7, 11) is 0. The lowest BCUT2D eigenvalue weighted by Crippen LogP contribution is -2.12. The zero-order valence-corrected chi connectivity index (χ0v) is 10.0. The number of aromatic nitrogens is 3.